The minimum Gasteiger partial charge on any atom is -0.791 e. The van der Waals surface area contributed by atoms with Gasteiger partial charge in [0.1, 0.15) is 23.7 Å². The first-order chi connectivity index (χ1) is 29.8. The Morgan fingerprint density at radius 3 is 2.02 bits per heavy atom. The molecule has 4 amide bonds. The Hall–Kier alpha value is -5.87. The molecule has 0 bridgehead atoms. The summed E-state index contributed by atoms with van der Waals surface area (Å²) >= 11 is 5.21. The molecule has 4 N–H and O–H groups in total. The topological polar surface area (TPSA) is 184 Å². The lowest BCUT2D eigenvalue weighted by Crippen LogP contribution is -2.53. The molecule has 0 radical (unpaired) electrons. The number of amides is 4. The number of aromatic amines is 2. The fraction of sp³-hybridized carbons (Fsp3) is 0.435. The van der Waals surface area contributed by atoms with Crippen LogP contribution in [0.3, 0.4) is 0 Å². The maximum Gasteiger partial charge on any atom is 0.407 e. The van der Waals surface area contributed by atoms with Crippen molar-refractivity contribution in [2.24, 2.45) is 11.3 Å². The molecule has 5 aromatic rings. The normalized spacial score (nSPS) is 14.5. The largest absolute Gasteiger partial charge is 0.791 e. The lowest BCUT2D eigenvalue weighted by Gasteiger charge is -2.35. The maximum absolute atomic E-state index is 14.0. The highest BCUT2D eigenvalue weighted by molar-refractivity contribution is 7.58. The first-order valence-electron chi connectivity index (χ1n) is 20.9. The summed E-state index contributed by atoms with van der Waals surface area (Å²) in [5.74, 6) is 0.983. The van der Waals surface area contributed by atoms with Crippen molar-refractivity contribution in [1.82, 2.24) is 40.4 Å². The number of H-pyrrole nitrogens is 2. The maximum atomic E-state index is 14.0. The first kappa shape index (κ1) is 45.7. The van der Waals surface area contributed by atoms with Crippen LogP contribution in [0.2, 0.25) is 0 Å². The summed E-state index contributed by atoms with van der Waals surface area (Å²) in [5.41, 5.74) is 5.71. The van der Waals surface area contributed by atoms with E-state index >= 15 is 0 Å². The van der Waals surface area contributed by atoms with Crippen LogP contribution in [0.15, 0.2) is 73.1 Å². The van der Waals surface area contributed by atoms with Crippen molar-refractivity contribution in [3.8, 4) is 33.6 Å². The number of imidazole rings is 2. The second-order valence-electron chi connectivity index (χ2n) is 16.5. The third kappa shape index (κ3) is 11.1. The number of alkyl carbamates (subject to hydrolysis) is 2. The van der Waals surface area contributed by atoms with Gasteiger partial charge in [0.25, 0.3) is 0 Å². The Bertz CT molecular complexity index is 2340. The Morgan fingerprint density at radius 2 is 1.39 bits per heavy atom. The molecule has 1 aliphatic rings. The van der Waals surface area contributed by atoms with Crippen molar-refractivity contribution in [3.63, 3.8) is 0 Å². The minimum absolute atomic E-state index is 0.0381. The number of fused-ring (bicyclic) bond motifs is 1. The van der Waals surface area contributed by atoms with E-state index in [1.54, 1.807) is 17.3 Å². The molecule has 16 heteroatoms. The number of hydrogen-bond acceptors (Lipinski definition) is 10. The zero-order valence-corrected chi connectivity index (χ0v) is 37.3. The van der Waals surface area contributed by atoms with Crippen molar-refractivity contribution in [3.05, 3.63) is 84.7 Å². The van der Waals surface area contributed by atoms with Crippen molar-refractivity contribution in [2.45, 2.75) is 71.6 Å². The lowest BCUT2D eigenvalue weighted by molar-refractivity contribution is -0.138. The van der Waals surface area contributed by atoms with Crippen molar-refractivity contribution >= 4 is 47.4 Å². The number of aromatic nitrogens is 4. The zero-order valence-electron chi connectivity index (χ0n) is 36.4. The van der Waals surface area contributed by atoms with Crippen molar-refractivity contribution in [2.75, 3.05) is 46.8 Å². The monoisotopic (exact) mass is 865 g/mol. The van der Waals surface area contributed by atoms with Crippen LogP contribution >= 0.6 is 0 Å². The smallest absolute Gasteiger partial charge is 0.407 e. The number of nitrogens with one attached hydrogen (secondary N) is 4. The Balaban J connectivity index is 1.14. The van der Waals surface area contributed by atoms with Gasteiger partial charge in [-0.15, -0.1) is 0 Å². The number of methoxy groups -OCH3 is 3. The van der Waals surface area contributed by atoms with E-state index in [1.807, 2.05) is 37.8 Å². The lowest BCUT2D eigenvalue weighted by atomic mass is 9.98. The van der Waals surface area contributed by atoms with Gasteiger partial charge in [0, 0.05) is 32.2 Å². The molecule has 3 atom stereocenters. The van der Waals surface area contributed by atoms with Gasteiger partial charge in [0.2, 0.25) is 11.8 Å². The quantitative estimate of drug-likeness (QED) is 0.0631. The predicted octanol–water partition coefficient (Wildman–Crippen LogP) is 6.99. The molecule has 1 saturated carbocycles. The third-order valence-electron chi connectivity index (χ3n) is 11.5. The van der Waals surface area contributed by atoms with E-state index in [9.17, 15) is 19.2 Å². The van der Waals surface area contributed by atoms with E-state index < -0.39 is 24.3 Å². The molecule has 330 valence electrons. The number of rotatable bonds is 19. The second-order valence-corrected chi connectivity index (χ2v) is 16.9. The van der Waals surface area contributed by atoms with Gasteiger partial charge in [-0.05, 0) is 77.2 Å². The Labute approximate surface area is 368 Å². The predicted molar refractivity (Wildman–Crippen MR) is 240 cm³/mol. The van der Waals surface area contributed by atoms with Gasteiger partial charge in [-0.25, -0.2) is 19.6 Å². The zero-order chi connectivity index (χ0) is 44.6. The van der Waals surface area contributed by atoms with Crippen LogP contribution in [0.4, 0.5) is 9.59 Å². The van der Waals surface area contributed by atoms with E-state index in [4.69, 9.17) is 31.8 Å². The molecule has 0 spiro atoms. The summed E-state index contributed by atoms with van der Waals surface area (Å²) in [6.45, 7) is 9.32. The van der Waals surface area contributed by atoms with E-state index in [-0.39, 0.29) is 48.8 Å². The molecule has 3 aromatic carbocycles. The molecular formula is C46H57N8O7S-. The highest BCUT2D eigenvalue weighted by Gasteiger charge is 2.43. The SMILES string of the molecule is COCC[C@H](NC(=O)OC)C(=O)N(CC[S-])Cc1ncc(-c2ccc(-c3ccc4cc(-c5cnc([C@H](C)N(CC6(C)CC6)C(=O)[C@@H](NC(=O)OC)C(C)C)[nH]5)ccc4c3)cc2)[nH]1. The van der Waals surface area contributed by atoms with Crippen molar-refractivity contribution < 1.29 is 33.4 Å². The fourth-order valence-corrected chi connectivity index (χ4v) is 7.63. The van der Waals surface area contributed by atoms with Crippen molar-refractivity contribution in [1.29, 1.82) is 0 Å². The first-order valence-corrected chi connectivity index (χ1v) is 21.4. The van der Waals surface area contributed by atoms with Crippen LogP contribution < -0.4 is 10.6 Å². The van der Waals surface area contributed by atoms with Crippen LogP contribution in [-0.4, -0.2) is 113 Å². The average Bonchev–Trinajstić information content (AvgIpc) is 3.59. The number of benzene rings is 3. The third-order valence-corrected chi connectivity index (χ3v) is 11.7. The van der Waals surface area contributed by atoms with Gasteiger partial charge >= 0.3 is 12.2 Å². The molecule has 62 heavy (non-hydrogen) atoms. The molecule has 2 aromatic heterocycles. The van der Waals surface area contributed by atoms with Crippen LogP contribution in [0.25, 0.3) is 44.4 Å². The number of hydrogen-bond donors (Lipinski definition) is 4. The summed E-state index contributed by atoms with van der Waals surface area (Å²) in [7, 11) is 4.08. The van der Waals surface area contributed by atoms with E-state index in [0.717, 1.165) is 57.3 Å². The Morgan fingerprint density at radius 1 is 0.790 bits per heavy atom. The summed E-state index contributed by atoms with van der Waals surface area (Å²) in [5, 5.41) is 7.49. The highest BCUT2D eigenvalue weighted by atomic mass is 32.1. The van der Waals surface area contributed by atoms with E-state index in [1.165, 1.54) is 21.3 Å². The minimum atomic E-state index is -0.832. The van der Waals surface area contributed by atoms with Crippen LogP contribution in [0.5, 0.6) is 0 Å². The average molecular weight is 866 g/mol. The molecule has 15 nitrogen and oxygen atoms in total. The molecule has 1 fully saturated rings. The van der Waals surface area contributed by atoms with Gasteiger partial charge in [0.05, 0.1) is 50.6 Å². The van der Waals surface area contributed by atoms with Crippen LogP contribution in [0, 0.1) is 11.3 Å². The van der Waals surface area contributed by atoms with Gasteiger partial charge in [0.15, 0.2) is 0 Å². The number of ether oxygens (including phenoxy) is 3. The molecule has 0 aliphatic heterocycles. The number of carbonyl (C=O) groups is 4. The summed E-state index contributed by atoms with van der Waals surface area (Å²) in [6.07, 6.45) is 4.58. The summed E-state index contributed by atoms with van der Waals surface area (Å²) in [6, 6.07) is 18.9. The van der Waals surface area contributed by atoms with Gasteiger partial charge in [-0.1, -0.05) is 69.3 Å². The number of carbonyl (C=O) groups excluding carboxylic acids is 4. The fourth-order valence-electron chi connectivity index (χ4n) is 7.41. The molecular weight excluding hydrogens is 809 g/mol. The molecule has 2 heterocycles. The molecule has 0 saturated heterocycles. The number of nitrogens with zero attached hydrogens (tertiary/aromatic N) is 4. The summed E-state index contributed by atoms with van der Waals surface area (Å²) in [4.78, 5) is 71.1. The molecule has 1 aliphatic carbocycles. The van der Waals surface area contributed by atoms with Crippen LogP contribution in [-0.2, 0) is 43.0 Å². The highest BCUT2D eigenvalue weighted by Crippen LogP contribution is 2.46. The second kappa shape index (κ2) is 20.3. The summed E-state index contributed by atoms with van der Waals surface area (Å²) < 4.78 is 14.7. The molecule has 6 rings (SSSR count). The van der Waals surface area contributed by atoms with Gasteiger partial charge < -0.3 is 57.2 Å². The van der Waals surface area contributed by atoms with E-state index in [2.05, 4.69) is 81.0 Å². The van der Waals surface area contributed by atoms with E-state index in [0.29, 0.717) is 30.5 Å². The van der Waals surface area contributed by atoms with Crippen LogP contribution in [0.1, 0.15) is 64.6 Å². The Kier molecular flexibility index (Phi) is 15.0. The van der Waals surface area contributed by atoms with Gasteiger partial charge in [-0.2, -0.15) is 5.75 Å². The molecule has 0 unspecified atom stereocenters. The van der Waals surface area contributed by atoms with Gasteiger partial charge in [-0.3, -0.25) is 9.59 Å². The standard InChI is InChI=1S/C46H58N8O7S/c1-28(2)40(52-45(58)61-7)43(56)54(27-46(4)17-18-46)29(3)41-48-25-38(50-41)35-15-14-33-22-32(12-13-34(33)23-35)30-8-10-31(11-9-30)37-24-47-39(49-37)26-53(19-21-62)42(55)36(16-20-59-5)51-44(57)60-6/h8-15,22-25,28-29,36,40,62H,16-21,26-27H2,1-7H3,(H,47,49)(H,48,50)(H,51,57)(H,52,58)/p-1/t29-,36-,40-/m0/s1.